The lowest BCUT2D eigenvalue weighted by atomic mass is 10.1. The van der Waals surface area contributed by atoms with Crippen LogP contribution in [-0.2, 0) is 6.54 Å². The molecule has 0 atom stereocenters. The summed E-state index contributed by atoms with van der Waals surface area (Å²) in [7, 11) is 0. The van der Waals surface area contributed by atoms with E-state index in [2.05, 4.69) is 0 Å². The molecule has 0 radical (unpaired) electrons. The molecule has 3 aromatic rings. The van der Waals surface area contributed by atoms with E-state index in [1.807, 2.05) is 43.3 Å². The Morgan fingerprint density at radius 2 is 1.45 bits per heavy atom. The summed E-state index contributed by atoms with van der Waals surface area (Å²) in [5, 5.41) is 0. The van der Waals surface area contributed by atoms with Crippen molar-refractivity contribution in [1.82, 2.24) is 4.90 Å². The molecule has 1 heterocycles. The third-order valence-corrected chi connectivity index (χ3v) is 5.02. The molecule has 0 unspecified atom stereocenters. The summed E-state index contributed by atoms with van der Waals surface area (Å²) in [4.78, 5) is 41.2. The van der Waals surface area contributed by atoms with Crippen molar-refractivity contribution in [3.05, 3.63) is 101 Å². The van der Waals surface area contributed by atoms with Crippen molar-refractivity contribution in [3.63, 3.8) is 0 Å². The molecule has 1 aliphatic heterocycles. The number of para-hydroxylation sites is 1. The van der Waals surface area contributed by atoms with Gasteiger partial charge in [0.1, 0.15) is 0 Å². The average Bonchev–Trinajstić information content (AvgIpc) is 3.00. The van der Waals surface area contributed by atoms with E-state index in [0.717, 1.165) is 11.3 Å². The number of fused-ring (bicyclic) bond motifs is 1. The maximum Gasteiger partial charge on any atom is 0.261 e. The Balaban J connectivity index is 1.58. The maximum absolute atomic E-state index is 13.1. The molecule has 4 rings (SSSR count). The lowest BCUT2D eigenvalue weighted by Gasteiger charge is -2.21. The quantitative estimate of drug-likeness (QED) is 0.621. The number of imide groups is 1. The molecule has 29 heavy (non-hydrogen) atoms. The van der Waals surface area contributed by atoms with E-state index in [0.29, 0.717) is 23.2 Å². The molecule has 0 spiro atoms. The molecule has 0 aromatic heterocycles. The first-order chi connectivity index (χ1) is 14.1. The Hall–Kier alpha value is -3.73. The minimum atomic E-state index is -0.304. The molecule has 0 N–H and O–H groups in total. The first-order valence-corrected chi connectivity index (χ1v) is 9.51. The van der Waals surface area contributed by atoms with Gasteiger partial charge in [-0.05, 0) is 48.9 Å². The molecule has 5 nitrogen and oxygen atoms in total. The van der Waals surface area contributed by atoms with Crippen molar-refractivity contribution in [2.45, 2.75) is 13.5 Å². The Morgan fingerprint density at radius 1 is 0.828 bits per heavy atom. The van der Waals surface area contributed by atoms with Gasteiger partial charge in [0.05, 0.1) is 17.7 Å². The van der Waals surface area contributed by atoms with Gasteiger partial charge in [-0.15, -0.1) is 0 Å². The van der Waals surface area contributed by atoms with Crippen molar-refractivity contribution >= 4 is 23.4 Å². The first kappa shape index (κ1) is 18.6. The van der Waals surface area contributed by atoms with Gasteiger partial charge in [-0.2, -0.15) is 0 Å². The second-order valence-corrected chi connectivity index (χ2v) is 6.83. The summed E-state index contributed by atoms with van der Waals surface area (Å²) in [6.45, 7) is 2.59. The summed E-state index contributed by atoms with van der Waals surface area (Å²) in [6, 6.07) is 23.4. The zero-order valence-electron chi connectivity index (χ0n) is 16.0. The molecule has 0 saturated carbocycles. The Bertz CT molecular complexity index is 1060. The van der Waals surface area contributed by atoms with Crippen LogP contribution in [0.25, 0.3) is 0 Å². The standard InChI is InChI=1S/C24H20N2O3/c1-2-25(19-11-4-3-5-12-19)22(27)18-10-8-9-17(15-18)16-26-23(28)20-13-6-7-14-21(20)24(26)29/h3-15H,2,16H2,1H3. The van der Waals surface area contributed by atoms with E-state index in [1.165, 1.54) is 4.90 Å². The minimum Gasteiger partial charge on any atom is -0.309 e. The van der Waals surface area contributed by atoms with Gasteiger partial charge < -0.3 is 4.90 Å². The summed E-state index contributed by atoms with van der Waals surface area (Å²) in [5.74, 6) is -0.730. The van der Waals surface area contributed by atoms with Gasteiger partial charge >= 0.3 is 0 Å². The van der Waals surface area contributed by atoms with Crippen LogP contribution in [0.3, 0.4) is 0 Å². The highest BCUT2D eigenvalue weighted by molar-refractivity contribution is 6.21. The van der Waals surface area contributed by atoms with Crippen LogP contribution in [-0.4, -0.2) is 29.2 Å². The van der Waals surface area contributed by atoms with Gasteiger partial charge in [-0.3, -0.25) is 19.3 Å². The Kier molecular flexibility index (Phi) is 4.96. The number of hydrogen-bond donors (Lipinski definition) is 0. The van der Waals surface area contributed by atoms with Crippen LogP contribution < -0.4 is 4.90 Å². The molecular formula is C24H20N2O3. The molecule has 0 bridgehead atoms. The van der Waals surface area contributed by atoms with E-state index in [4.69, 9.17) is 0 Å². The fourth-order valence-corrected chi connectivity index (χ4v) is 3.58. The van der Waals surface area contributed by atoms with E-state index >= 15 is 0 Å². The van der Waals surface area contributed by atoms with E-state index in [-0.39, 0.29) is 24.3 Å². The number of carbonyl (C=O) groups excluding carboxylic acids is 3. The highest BCUT2D eigenvalue weighted by Gasteiger charge is 2.35. The normalized spacial score (nSPS) is 12.8. The van der Waals surface area contributed by atoms with Crippen molar-refractivity contribution < 1.29 is 14.4 Å². The molecule has 3 amide bonds. The second kappa shape index (κ2) is 7.72. The largest absolute Gasteiger partial charge is 0.309 e. The number of carbonyl (C=O) groups is 3. The predicted molar refractivity (Wildman–Crippen MR) is 111 cm³/mol. The van der Waals surface area contributed by atoms with Gasteiger partial charge in [-0.1, -0.05) is 42.5 Å². The number of anilines is 1. The Labute approximate surface area is 169 Å². The number of rotatable bonds is 5. The summed E-state index contributed by atoms with van der Waals surface area (Å²) in [6.07, 6.45) is 0. The van der Waals surface area contributed by atoms with Crippen LogP contribution in [0.4, 0.5) is 5.69 Å². The first-order valence-electron chi connectivity index (χ1n) is 9.51. The molecule has 5 heteroatoms. The number of benzene rings is 3. The lowest BCUT2D eigenvalue weighted by Crippen LogP contribution is -2.31. The molecular weight excluding hydrogens is 364 g/mol. The van der Waals surface area contributed by atoms with Crippen molar-refractivity contribution in [2.75, 3.05) is 11.4 Å². The molecule has 144 valence electrons. The van der Waals surface area contributed by atoms with Gasteiger partial charge in [-0.25, -0.2) is 0 Å². The van der Waals surface area contributed by atoms with Crippen LogP contribution in [0.15, 0.2) is 78.9 Å². The minimum absolute atomic E-state index is 0.122. The monoisotopic (exact) mass is 384 g/mol. The smallest absolute Gasteiger partial charge is 0.261 e. The number of hydrogen-bond acceptors (Lipinski definition) is 3. The molecule has 3 aromatic carbocycles. The number of nitrogens with zero attached hydrogens (tertiary/aromatic N) is 2. The van der Waals surface area contributed by atoms with Gasteiger partial charge in [0.15, 0.2) is 0 Å². The zero-order valence-corrected chi connectivity index (χ0v) is 16.0. The highest BCUT2D eigenvalue weighted by atomic mass is 16.2. The topological polar surface area (TPSA) is 57.7 Å². The van der Waals surface area contributed by atoms with Crippen LogP contribution >= 0.6 is 0 Å². The lowest BCUT2D eigenvalue weighted by molar-refractivity contribution is 0.0642. The van der Waals surface area contributed by atoms with E-state index in [9.17, 15) is 14.4 Å². The fraction of sp³-hybridized carbons (Fsp3) is 0.125. The molecule has 0 fully saturated rings. The number of amides is 3. The van der Waals surface area contributed by atoms with E-state index < -0.39 is 0 Å². The van der Waals surface area contributed by atoms with Crippen LogP contribution in [0.2, 0.25) is 0 Å². The third kappa shape index (κ3) is 3.43. The van der Waals surface area contributed by atoms with Gasteiger partial charge in [0.25, 0.3) is 17.7 Å². The summed E-state index contributed by atoms with van der Waals surface area (Å²) < 4.78 is 0. The second-order valence-electron chi connectivity index (χ2n) is 6.83. The predicted octanol–water partition coefficient (Wildman–Crippen LogP) is 4.15. The fourth-order valence-electron chi connectivity index (χ4n) is 3.58. The van der Waals surface area contributed by atoms with Gasteiger partial charge in [0, 0.05) is 17.8 Å². The maximum atomic E-state index is 13.1. The SMILES string of the molecule is CCN(C(=O)c1cccc(CN2C(=O)c3ccccc3C2=O)c1)c1ccccc1. The van der Waals surface area contributed by atoms with E-state index in [1.54, 1.807) is 47.4 Å². The highest BCUT2D eigenvalue weighted by Crippen LogP contribution is 2.25. The van der Waals surface area contributed by atoms with Crippen molar-refractivity contribution in [1.29, 1.82) is 0 Å². The van der Waals surface area contributed by atoms with Crippen LogP contribution in [0, 0.1) is 0 Å². The van der Waals surface area contributed by atoms with Gasteiger partial charge in [0.2, 0.25) is 0 Å². The average molecular weight is 384 g/mol. The molecule has 1 aliphatic rings. The van der Waals surface area contributed by atoms with Crippen molar-refractivity contribution in [3.8, 4) is 0 Å². The zero-order chi connectivity index (χ0) is 20.4. The Morgan fingerprint density at radius 3 is 2.07 bits per heavy atom. The third-order valence-electron chi connectivity index (χ3n) is 5.02. The van der Waals surface area contributed by atoms with Crippen molar-refractivity contribution in [2.24, 2.45) is 0 Å². The van der Waals surface area contributed by atoms with Crippen LogP contribution in [0.5, 0.6) is 0 Å². The molecule has 0 saturated heterocycles. The van der Waals surface area contributed by atoms with Crippen LogP contribution in [0.1, 0.15) is 43.6 Å². The summed E-state index contributed by atoms with van der Waals surface area (Å²) in [5.41, 5.74) is 2.92. The molecule has 0 aliphatic carbocycles. The summed E-state index contributed by atoms with van der Waals surface area (Å²) >= 11 is 0.